The molecule has 0 bridgehead atoms. The molecule has 0 atom stereocenters. The van der Waals surface area contributed by atoms with Gasteiger partial charge in [-0.15, -0.1) is 0 Å². The van der Waals surface area contributed by atoms with Crippen molar-refractivity contribution in [3.63, 3.8) is 0 Å². The van der Waals surface area contributed by atoms with Crippen LogP contribution >= 0.6 is 0 Å². The monoisotopic (exact) mass is 272 g/mol. The van der Waals surface area contributed by atoms with Gasteiger partial charge in [-0.2, -0.15) is 0 Å². The van der Waals surface area contributed by atoms with Gasteiger partial charge in [0.05, 0.1) is 0 Å². The SMILES string of the molecule is [O-]B([O-])F.[PbH2+2]. The summed E-state index contributed by atoms with van der Waals surface area (Å²) in [6, 6.07) is 0. The van der Waals surface area contributed by atoms with Gasteiger partial charge in [-0.25, -0.2) is 0 Å². The van der Waals surface area contributed by atoms with Gasteiger partial charge in [-0.05, 0) is 0 Å². The van der Waals surface area contributed by atoms with Crippen molar-refractivity contribution in [3.05, 3.63) is 0 Å². The molecule has 0 amide bonds. The van der Waals surface area contributed by atoms with Gasteiger partial charge in [0, 0.05) is 0 Å². The fourth-order valence-electron chi connectivity index (χ4n) is 0. The summed E-state index contributed by atoms with van der Waals surface area (Å²) < 4.78 is 9.89. The molecule has 0 aliphatic heterocycles. The fourth-order valence-corrected chi connectivity index (χ4v) is 0. The molecule has 0 aromatic carbocycles. The zero-order valence-corrected chi connectivity index (χ0v) is 7.98. The molecular formula is H2BFO2Pb. The van der Waals surface area contributed by atoms with Crippen LogP contribution in [0.4, 0.5) is 4.32 Å². The minimum atomic E-state index is -3.17. The Kier molecular flexibility index (Phi) is 8.97. The van der Waals surface area contributed by atoms with E-state index < -0.39 is 7.40 Å². The molecule has 0 aliphatic rings. The van der Waals surface area contributed by atoms with Crippen LogP contribution in [0.2, 0.25) is 0 Å². The Labute approximate surface area is 49.4 Å². The third-order valence-corrected chi connectivity index (χ3v) is 0. The first kappa shape index (κ1) is 9.28. The van der Waals surface area contributed by atoms with Crippen LogP contribution in [0.5, 0.6) is 0 Å². The van der Waals surface area contributed by atoms with Gasteiger partial charge in [0.15, 0.2) is 0 Å². The summed E-state index contributed by atoms with van der Waals surface area (Å²) in [6.07, 6.45) is 0. The van der Waals surface area contributed by atoms with E-state index in [1.807, 2.05) is 0 Å². The van der Waals surface area contributed by atoms with E-state index in [4.69, 9.17) is 10.0 Å². The summed E-state index contributed by atoms with van der Waals surface area (Å²) >= 11 is 0. The molecular weight excluding hydrogens is 269 g/mol. The molecule has 0 N–H and O–H groups in total. The van der Waals surface area contributed by atoms with Crippen molar-refractivity contribution in [1.29, 1.82) is 0 Å². The molecule has 5 heavy (non-hydrogen) atoms. The Morgan fingerprint density at radius 3 is 1.40 bits per heavy atom. The first-order chi connectivity index (χ1) is 1.73. The molecule has 0 spiro atoms. The Balaban J connectivity index is 0. The average molecular weight is 271 g/mol. The zero-order chi connectivity index (χ0) is 3.58. The Morgan fingerprint density at radius 1 is 1.40 bits per heavy atom. The summed E-state index contributed by atoms with van der Waals surface area (Å²) in [4.78, 5) is 0. The van der Waals surface area contributed by atoms with Crippen LogP contribution in [0.15, 0.2) is 0 Å². The summed E-state index contributed by atoms with van der Waals surface area (Å²) in [7, 11) is -3.17. The Bertz CT molecular complexity index is 14.4. The molecule has 0 unspecified atom stereocenters. The molecule has 28 valence electrons. The second-order valence-corrected chi connectivity index (χ2v) is 0.274. The molecule has 0 aliphatic carbocycles. The van der Waals surface area contributed by atoms with Crippen LogP contribution in [-0.4, -0.2) is 34.7 Å². The van der Waals surface area contributed by atoms with Crippen molar-refractivity contribution < 1.29 is 14.4 Å². The fraction of sp³-hybridized carbons (Fsp3) is 0. The first-order valence-electron chi connectivity index (χ1n) is 0.690. The molecule has 0 saturated heterocycles. The molecule has 0 fully saturated rings. The maximum atomic E-state index is 9.89. The van der Waals surface area contributed by atoms with Crippen LogP contribution in [0.1, 0.15) is 0 Å². The van der Waals surface area contributed by atoms with E-state index >= 15 is 0 Å². The molecule has 0 radical (unpaired) electrons. The van der Waals surface area contributed by atoms with Crippen molar-refractivity contribution in [1.82, 2.24) is 0 Å². The standard InChI is InChI=1S/BFO2.Pb.2H/c2-1(3)4;;;/q-2;+2;;. The van der Waals surface area contributed by atoms with Crippen LogP contribution in [0.3, 0.4) is 0 Å². The van der Waals surface area contributed by atoms with Gasteiger partial charge in [0.1, 0.15) is 7.40 Å². The molecule has 2 nitrogen and oxygen atoms in total. The Morgan fingerprint density at radius 2 is 1.40 bits per heavy atom. The predicted octanol–water partition coefficient (Wildman–Crippen LogP) is -3.25. The van der Waals surface area contributed by atoms with Crippen molar-refractivity contribution in [2.75, 3.05) is 0 Å². The normalized spacial score (nSPS) is 5.40. The van der Waals surface area contributed by atoms with Gasteiger partial charge in [-0.3, -0.25) is 0 Å². The quantitative estimate of drug-likeness (QED) is 0.434. The van der Waals surface area contributed by atoms with E-state index in [9.17, 15) is 4.32 Å². The second kappa shape index (κ2) is 4.84. The zero-order valence-electron chi connectivity index (χ0n) is 2.48. The van der Waals surface area contributed by atoms with Crippen molar-refractivity contribution in [3.8, 4) is 0 Å². The number of hydrogen-bond donors (Lipinski definition) is 0. The molecule has 0 rings (SSSR count). The van der Waals surface area contributed by atoms with Crippen LogP contribution in [0, 0.1) is 0 Å². The predicted molar refractivity (Wildman–Crippen MR) is 15.4 cm³/mol. The van der Waals surface area contributed by atoms with Gasteiger partial charge >= 0.3 is 27.3 Å². The van der Waals surface area contributed by atoms with E-state index in [2.05, 4.69) is 0 Å². The van der Waals surface area contributed by atoms with E-state index in [0.717, 1.165) is 0 Å². The summed E-state index contributed by atoms with van der Waals surface area (Å²) in [6.45, 7) is 0. The van der Waals surface area contributed by atoms with Gasteiger partial charge in [0.25, 0.3) is 0 Å². The van der Waals surface area contributed by atoms with Gasteiger partial charge in [0.2, 0.25) is 0 Å². The molecule has 0 heterocycles. The maximum absolute atomic E-state index is 9.89. The third-order valence-electron chi connectivity index (χ3n) is 0. The molecule has 5 heteroatoms. The van der Waals surface area contributed by atoms with E-state index in [-0.39, 0.29) is 27.3 Å². The minimum absolute atomic E-state index is 0. The van der Waals surface area contributed by atoms with Crippen LogP contribution in [-0.2, 0) is 0 Å². The molecule has 0 saturated carbocycles. The topological polar surface area (TPSA) is 46.1 Å². The van der Waals surface area contributed by atoms with Crippen LogP contribution in [0.25, 0.3) is 0 Å². The number of halogens is 1. The number of rotatable bonds is 0. The summed E-state index contributed by atoms with van der Waals surface area (Å²) in [5.74, 6) is 0. The van der Waals surface area contributed by atoms with Gasteiger partial charge < -0.3 is 14.4 Å². The molecule has 0 aromatic rings. The van der Waals surface area contributed by atoms with Crippen molar-refractivity contribution in [2.45, 2.75) is 0 Å². The molecule has 0 aromatic heterocycles. The van der Waals surface area contributed by atoms with E-state index in [0.29, 0.717) is 0 Å². The summed E-state index contributed by atoms with van der Waals surface area (Å²) in [5, 5.41) is 16.6. The van der Waals surface area contributed by atoms with Crippen molar-refractivity contribution in [2.24, 2.45) is 0 Å². The number of hydrogen-bond acceptors (Lipinski definition) is 2. The Hall–Kier alpha value is 0.837. The second-order valence-electron chi connectivity index (χ2n) is 0.274. The van der Waals surface area contributed by atoms with Crippen LogP contribution < -0.4 is 10.0 Å². The third kappa shape index (κ3) is 55.6. The van der Waals surface area contributed by atoms with Crippen molar-refractivity contribution >= 4 is 34.7 Å². The summed E-state index contributed by atoms with van der Waals surface area (Å²) in [5.41, 5.74) is 0. The average Bonchev–Trinajstić information content (AvgIpc) is 0.811. The van der Waals surface area contributed by atoms with Gasteiger partial charge in [-0.1, -0.05) is 0 Å². The first-order valence-corrected chi connectivity index (χ1v) is 0.690. The van der Waals surface area contributed by atoms with E-state index in [1.54, 1.807) is 0 Å². The van der Waals surface area contributed by atoms with E-state index in [1.165, 1.54) is 0 Å².